The summed E-state index contributed by atoms with van der Waals surface area (Å²) < 4.78 is 13.2. The zero-order chi connectivity index (χ0) is 35.9. The molecule has 290 valence electrons. The number of hydrogen-bond acceptors (Lipinski definition) is 9. The van der Waals surface area contributed by atoms with Gasteiger partial charge in [0.05, 0.1) is 36.2 Å². The van der Waals surface area contributed by atoms with Crippen LogP contribution in [0.5, 0.6) is 11.5 Å². The number of imidazole rings is 1. The van der Waals surface area contributed by atoms with E-state index in [9.17, 15) is 14.4 Å². The molecule has 3 aromatic carbocycles. The van der Waals surface area contributed by atoms with E-state index in [-0.39, 0.29) is 60.3 Å². The molecule has 0 bridgehead atoms. The summed E-state index contributed by atoms with van der Waals surface area (Å²) in [6, 6.07) is 15.8. The number of carbonyl (C=O) groups is 3. The Morgan fingerprint density at radius 3 is 2.44 bits per heavy atom. The van der Waals surface area contributed by atoms with Crippen LogP contribution in [0.1, 0.15) is 52.0 Å². The van der Waals surface area contributed by atoms with Crippen LogP contribution in [0.15, 0.2) is 67.3 Å². The number of nitrogens with zero attached hydrogens (tertiary/aromatic N) is 7. The molecule has 0 atom stereocenters. The normalized spacial score (nSPS) is 12.6. The maximum absolute atomic E-state index is 13.7. The van der Waals surface area contributed by atoms with E-state index < -0.39 is 5.91 Å². The second-order valence-electron chi connectivity index (χ2n) is 12.6. The quantitative estimate of drug-likeness (QED) is 0.137. The van der Waals surface area contributed by atoms with Gasteiger partial charge in [0.1, 0.15) is 29.7 Å². The zero-order valence-electron chi connectivity index (χ0n) is 30.6. The van der Waals surface area contributed by atoms with Gasteiger partial charge in [0.2, 0.25) is 11.9 Å². The number of aromatic amines is 1. The van der Waals surface area contributed by atoms with Crippen molar-refractivity contribution >= 4 is 77.4 Å². The first kappa shape index (κ1) is 43.5. The number of carbonyl (C=O) groups excluding carboxylic acids is 3. The van der Waals surface area contributed by atoms with Crippen LogP contribution >= 0.6 is 37.2 Å². The van der Waals surface area contributed by atoms with Gasteiger partial charge in [-0.3, -0.25) is 14.4 Å². The standard InChI is InChI=1S/C37H43N9O5.3ClH/c1-25-12-15-30(32(21-25)51-20-7-5-6-11-33(47)45-18-16-43(2)17-19-45)44(3)36(49)26-13-14-27(31(22-26)50-4)35(48)40-28-9-8-10-29-34(28)42-37(41-29)46-24-38-23-39-46;;;/h8-10,12-15,21-24H,5-7,11,16-20H2,1-4H3,(H,40,48)(H,41,42);3*1H. The van der Waals surface area contributed by atoms with Gasteiger partial charge in [-0.2, -0.15) is 9.78 Å². The molecule has 3 amide bonds. The minimum Gasteiger partial charge on any atom is -0.496 e. The summed E-state index contributed by atoms with van der Waals surface area (Å²) >= 11 is 0. The third-order valence-corrected chi connectivity index (χ3v) is 9.01. The fourth-order valence-electron chi connectivity index (χ4n) is 6.02. The molecule has 0 unspecified atom stereocenters. The number of rotatable bonds is 13. The lowest BCUT2D eigenvalue weighted by atomic mass is 10.1. The summed E-state index contributed by atoms with van der Waals surface area (Å²) in [6.07, 6.45) is 5.96. The topological polar surface area (TPSA) is 151 Å². The maximum Gasteiger partial charge on any atom is 0.259 e. The number of methoxy groups -OCH3 is 1. The third-order valence-electron chi connectivity index (χ3n) is 9.01. The highest BCUT2D eigenvalue weighted by atomic mass is 35.5. The fourth-order valence-corrected chi connectivity index (χ4v) is 6.02. The minimum absolute atomic E-state index is 0. The van der Waals surface area contributed by atoms with Crippen LogP contribution in [0.25, 0.3) is 17.0 Å². The number of amides is 3. The van der Waals surface area contributed by atoms with Gasteiger partial charge in [0, 0.05) is 45.2 Å². The number of H-pyrrole nitrogens is 1. The second-order valence-corrected chi connectivity index (χ2v) is 12.6. The molecule has 1 fully saturated rings. The van der Waals surface area contributed by atoms with Crippen molar-refractivity contribution in [3.8, 4) is 17.4 Å². The van der Waals surface area contributed by atoms with E-state index >= 15 is 0 Å². The van der Waals surface area contributed by atoms with Crippen molar-refractivity contribution < 1.29 is 23.9 Å². The monoisotopic (exact) mass is 801 g/mol. The summed E-state index contributed by atoms with van der Waals surface area (Å²) in [5.74, 6) is 0.812. The fraction of sp³-hybridized carbons (Fsp3) is 0.351. The van der Waals surface area contributed by atoms with Crippen molar-refractivity contribution in [2.75, 3.05) is 64.2 Å². The molecule has 5 aromatic rings. The highest BCUT2D eigenvalue weighted by molar-refractivity contribution is 6.11. The highest BCUT2D eigenvalue weighted by Gasteiger charge is 2.22. The van der Waals surface area contributed by atoms with Crippen molar-refractivity contribution in [3.63, 3.8) is 0 Å². The Morgan fingerprint density at radius 2 is 1.72 bits per heavy atom. The number of ether oxygens (including phenoxy) is 2. The Balaban J connectivity index is 0.00000261. The summed E-state index contributed by atoms with van der Waals surface area (Å²) in [7, 11) is 5.22. The molecule has 6 rings (SSSR count). The molecule has 0 aliphatic carbocycles. The predicted molar refractivity (Wildman–Crippen MR) is 216 cm³/mol. The SMILES string of the molecule is COc1cc(C(=O)N(C)c2ccc(C)cc2OCCCCCC(=O)N2CCN(C)CC2)ccc1C(=O)Nc1cccc2[nH]c(-n3cncn3)nc12.Cl.Cl.Cl. The highest BCUT2D eigenvalue weighted by Crippen LogP contribution is 2.32. The smallest absolute Gasteiger partial charge is 0.259 e. The molecule has 54 heavy (non-hydrogen) atoms. The number of hydrogen-bond donors (Lipinski definition) is 2. The number of unbranched alkanes of at least 4 members (excludes halogenated alkanes) is 2. The first-order valence-corrected chi connectivity index (χ1v) is 17.0. The Kier molecular flexibility index (Phi) is 16.1. The van der Waals surface area contributed by atoms with E-state index in [1.807, 2.05) is 36.1 Å². The molecule has 1 aliphatic rings. The molecule has 2 N–H and O–H groups in total. The van der Waals surface area contributed by atoms with Crippen LogP contribution in [0, 0.1) is 6.92 Å². The minimum atomic E-state index is -0.421. The molecule has 3 heterocycles. The summed E-state index contributed by atoms with van der Waals surface area (Å²) in [4.78, 5) is 57.2. The van der Waals surface area contributed by atoms with E-state index in [2.05, 4.69) is 37.3 Å². The third kappa shape index (κ3) is 10.2. The van der Waals surface area contributed by atoms with Crippen LogP contribution in [-0.4, -0.2) is 106 Å². The largest absolute Gasteiger partial charge is 0.496 e. The number of benzene rings is 3. The molecular weight excluding hydrogens is 757 g/mol. The number of fused-ring (bicyclic) bond motifs is 1. The van der Waals surface area contributed by atoms with Crippen LogP contribution in [0.4, 0.5) is 11.4 Å². The Hall–Kier alpha value is -4.89. The number of para-hydroxylation sites is 1. The first-order valence-electron chi connectivity index (χ1n) is 17.0. The van der Waals surface area contributed by atoms with Crippen LogP contribution in [0.2, 0.25) is 0 Å². The van der Waals surface area contributed by atoms with Crippen LogP contribution in [-0.2, 0) is 4.79 Å². The van der Waals surface area contributed by atoms with Gasteiger partial charge in [-0.05, 0) is 81.3 Å². The Labute approximate surface area is 332 Å². The van der Waals surface area contributed by atoms with Crippen LogP contribution < -0.4 is 19.7 Å². The van der Waals surface area contributed by atoms with Gasteiger partial charge in [-0.1, -0.05) is 12.1 Å². The van der Waals surface area contributed by atoms with Gasteiger partial charge in [0.25, 0.3) is 11.8 Å². The summed E-state index contributed by atoms with van der Waals surface area (Å²) in [6.45, 7) is 5.87. The molecule has 14 nitrogen and oxygen atoms in total. The zero-order valence-corrected chi connectivity index (χ0v) is 33.1. The Morgan fingerprint density at radius 1 is 0.944 bits per heavy atom. The van der Waals surface area contributed by atoms with E-state index in [1.165, 1.54) is 29.3 Å². The molecule has 2 aromatic heterocycles. The van der Waals surface area contributed by atoms with Gasteiger partial charge in [-0.15, -0.1) is 37.2 Å². The molecule has 0 saturated carbocycles. The van der Waals surface area contributed by atoms with Crippen molar-refractivity contribution in [2.45, 2.75) is 32.6 Å². The lowest BCUT2D eigenvalue weighted by molar-refractivity contribution is -0.132. The molecular formula is C37H46Cl3N9O5. The number of anilines is 2. The number of nitrogens with one attached hydrogen (secondary N) is 2. The number of piperazine rings is 1. The van der Waals surface area contributed by atoms with Crippen molar-refractivity contribution in [1.29, 1.82) is 0 Å². The molecule has 1 aliphatic heterocycles. The van der Waals surface area contributed by atoms with Crippen molar-refractivity contribution in [3.05, 3.63) is 83.9 Å². The predicted octanol–water partition coefficient (Wildman–Crippen LogP) is 5.97. The number of aryl methyl sites for hydroxylation is 1. The summed E-state index contributed by atoms with van der Waals surface area (Å²) in [5, 5.41) is 7.02. The summed E-state index contributed by atoms with van der Waals surface area (Å²) in [5.41, 5.74) is 3.98. The Bertz CT molecular complexity index is 2020. The van der Waals surface area contributed by atoms with E-state index in [0.717, 1.165) is 51.0 Å². The van der Waals surface area contributed by atoms with E-state index in [4.69, 9.17) is 9.47 Å². The van der Waals surface area contributed by atoms with Crippen molar-refractivity contribution in [1.82, 2.24) is 34.5 Å². The maximum atomic E-state index is 13.7. The number of aromatic nitrogens is 5. The molecule has 0 spiro atoms. The van der Waals surface area contributed by atoms with E-state index in [0.29, 0.717) is 52.7 Å². The number of likely N-dealkylation sites (N-methyl/N-ethyl adjacent to an activating group) is 1. The van der Waals surface area contributed by atoms with Gasteiger partial charge in [-0.25, -0.2) is 9.97 Å². The van der Waals surface area contributed by atoms with E-state index in [1.54, 1.807) is 37.4 Å². The molecule has 17 heteroatoms. The van der Waals surface area contributed by atoms with Gasteiger partial charge >= 0.3 is 0 Å². The average Bonchev–Trinajstić information content (AvgIpc) is 3.84. The van der Waals surface area contributed by atoms with Gasteiger partial charge in [0.15, 0.2) is 0 Å². The second kappa shape index (κ2) is 20.0. The first-order chi connectivity index (χ1) is 24.7. The average molecular weight is 803 g/mol. The number of halogens is 3. The lowest BCUT2D eigenvalue weighted by Gasteiger charge is -2.32. The van der Waals surface area contributed by atoms with Crippen molar-refractivity contribution in [2.24, 2.45) is 0 Å². The van der Waals surface area contributed by atoms with Gasteiger partial charge < -0.3 is 34.5 Å². The molecule has 0 radical (unpaired) electrons. The lowest BCUT2D eigenvalue weighted by Crippen LogP contribution is -2.47. The molecule has 1 saturated heterocycles. The van der Waals surface area contributed by atoms with Crippen LogP contribution in [0.3, 0.4) is 0 Å².